The van der Waals surface area contributed by atoms with Gasteiger partial charge in [0.05, 0.1) is 11.1 Å². The molecule has 3 rings (SSSR count). The van der Waals surface area contributed by atoms with Crippen molar-refractivity contribution in [3.05, 3.63) is 71.9 Å². The molecule has 0 fully saturated rings. The molecule has 104 valence electrons. The summed E-state index contributed by atoms with van der Waals surface area (Å²) in [5.41, 5.74) is 2.07. The quantitative estimate of drug-likeness (QED) is 0.794. The van der Waals surface area contributed by atoms with Crippen LogP contribution in [-0.2, 0) is 6.61 Å². The van der Waals surface area contributed by atoms with E-state index < -0.39 is 5.97 Å². The van der Waals surface area contributed by atoms with Crippen molar-refractivity contribution in [2.24, 2.45) is 0 Å². The van der Waals surface area contributed by atoms with Gasteiger partial charge in [-0.05, 0) is 42.0 Å². The second kappa shape index (κ2) is 5.63. The molecule has 0 radical (unpaired) electrons. The lowest BCUT2D eigenvalue weighted by molar-refractivity contribution is 0.0697. The Balaban J connectivity index is 1.79. The number of ether oxygens (including phenoxy) is 1. The highest BCUT2D eigenvalue weighted by atomic mass is 16.5. The van der Waals surface area contributed by atoms with Crippen LogP contribution < -0.4 is 4.74 Å². The minimum Gasteiger partial charge on any atom is -0.488 e. The summed E-state index contributed by atoms with van der Waals surface area (Å²) in [4.78, 5) is 15.1. The first-order valence-electron chi connectivity index (χ1n) is 6.53. The fourth-order valence-corrected chi connectivity index (χ4v) is 2.11. The van der Waals surface area contributed by atoms with Gasteiger partial charge in [0.1, 0.15) is 12.4 Å². The molecule has 0 saturated carbocycles. The minimum absolute atomic E-state index is 0.271. The Morgan fingerprint density at radius 3 is 2.62 bits per heavy atom. The van der Waals surface area contributed by atoms with E-state index >= 15 is 0 Å². The highest BCUT2D eigenvalue weighted by molar-refractivity contribution is 5.87. The maximum absolute atomic E-state index is 10.8. The Morgan fingerprint density at radius 2 is 1.86 bits per heavy atom. The van der Waals surface area contributed by atoms with Crippen LogP contribution in [0.4, 0.5) is 0 Å². The Kier molecular flexibility index (Phi) is 3.51. The van der Waals surface area contributed by atoms with Gasteiger partial charge in [-0.1, -0.05) is 18.2 Å². The zero-order chi connectivity index (χ0) is 14.7. The molecule has 3 aromatic rings. The van der Waals surface area contributed by atoms with Crippen molar-refractivity contribution >= 4 is 16.9 Å². The van der Waals surface area contributed by atoms with Crippen molar-refractivity contribution < 1.29 is 14.6 Å². The van der Waals surface area contributed by atoms with Crippen molar-refractivity contribution in [1.29, 1.82) is 0 Å². The van der Waals surface area contributed by atoms with E-state index in [-0.39, 0.29) is 5.56 Å². The molecule has 1 aromatic heterocycles. The average Bonchev–Trinajstić information content (AvgIpc) is 2.53. The topological polar surface area (TPSA) is 59.4 Å². The number of benzene rings is 2. The molecule has 0 saturated heterocycles. The predicted molar refractivity (Wildman–Crippen MR) is 79.5 cm³/mol. The molecule has 4 heteroatoms. The van der Waals surface area contributed by atoms with Crippen LogP contribution in [0.25, 0.3) is 10.9 Å². The number of fused-ring (bicyclic) bond motifs is 1. The first-order valence-corrected chi connectivity index (χ1v) is 6.53. The van der Waals surface area contributed by atoms with Gasteiger partial charge in [-0.2, -0.15) is 0 Å². The van der Waals surface area contributed by atoms with Gasteiger partial charge in [0.15, 0.2) is 0 Å². The Labute approximate surface area is 121 Å². The lowest BCUT2D eigenvalue weighted by Gasteiger charge is -2.09. The third kappa shape index (κ3) is 2.84. The maximum atomic E-state index is 10.8. The molecule has 1 heterocycles. The summed E-state index contributed by atoms with van der Waals surface area (Å²) in [6.45, 7) is 0.383. The van der Waals surface area contributed by atoms with Crippen LogP contribution in [0.1, 0.15) is 15.9 Å². The van der Waals surface area contributed by atoms with Gasteiger partial charge < -0.3 is 9.84 Å². The number of pyridine rings is 1. The van der Waals surface area contributed by atoms with Crippen molar-refractivity contribution in [3.8, 4) is 5.75 Å². The molecule has 0 aliphatic carbocycles. The third-order valence-corrected chi connectivity index (χ3v) is 3.20. The lowest BCUT2D eigenvalue weighted by Crippen LogP contribution is -1.99. The summed E-state index contributed by atoms with van der Waals surface area (Å²) in [6.07, 6.45) is 1.75. The molecule has 0 amide bonds. The SMILES string of the molecule is O=C(O)c1ccc(COc2cccc3ncccc23)cc1. The number of aromatic nitrogens is 1. The van der Waals surface area contributed by atoms with E-state index in [9.17, 15) is 4.79 Å². The second-order valence-electron chi connectivity index (χ2n) is 4.62. The van der Waals surface area contributed by atoms with Gasteiger partial charge in [-0.3, -0.25) is 4.98 Å². The molecule has 0 aliphatic heterocycles. The second-order valence-corrected chi connectivity index (χ2v) is 4.62. The van der Waals surface area contributed by atoms with Crippen molar-refractivity contribution in [2.45, 2.75) is 6.61 Å². The molecule has 0 unspecified atom stereocenters. The van der Waals surface area contributed by atoms with Gasteiger partial charge in [0, 0.05) is 11.6 Å². The molecule has 0 bridgehead atoms. The fraction of sp³-hybridized carbons (Fsp3) is 0.0588. The first kappa shape index (κ1) is 13.1. The Morgan fingerprint density at radius 1 is 1.05 bits per heavy atom. The number of carbonyl (C=O) groups is 1. The van der Waals surface area contributed by atoms with Crippen LogP contribution in [0, 0.1) is 0 Å². The summed E-state index contributed by atoms with van der Waals surface area (Å²) in [5, 5.41) is 9.82. The fourth-order valence-electron chi connectivity index (χ4n) is 2.11. The summed E-state index contributed by atoms with van der Waals surface area (Å²) in [6, 6.07) is 16.2. The number of aromatic carboxylic acids is 1. The van der Waals surface area contributed by atoms with Crippen molar-refractivity contribution in [3.63, 3.8) is 0 Å². The summed E-state index contributed by atoms with van der Waals surface area (Å²) >= 11 is 0. The van der Waals surface area contributed by atoms with E-state index in [2.05, 4.69) is 4.98 Å². The van der Waals surface area contributed by atoms with Crippen LogP contribution in [-0.4, -0.2) is 16.1 Å². The highest BCUT2D eigenvalue weighted by Gasteiger charge is 2.04. The zero-order valence-electron chi connectivity index (χ0n) is 11.2. The molecular weight excluding hydrogens is 266 g/mol. The van der Waals surface area contributed by atoms with E-state index in [4.69, 9.17) is 9.84 Å². The summed E-state index contributed by atoms with van der Waals surface area (Å²) < 4.78 is 5.82. The van der Waals surface area contributed by atoms with Gasteiger partial charge >= 0.3 is 5.97 Å². The van der Waals surface area contributed by atoms with E-state index in [1.165, 1.54) is 0 Å². The van der Waals surface area contributed by atoms with E-state index in [1.807, 2.05) is 30.3 Å². The monoisotopic (exact) mass is 279 g/mol. The highest BCUT2D eigenvalue weighted by Crippen LogP contribution is 2.24. The standard InChI is InChI=1S/C17H13NO3/c19-17(20)13-8-6-12(7-9-13)11-21-16-5-1-4-15-14(16)3-2-10-18-15/h1-10H,11H2,(H,19,20). The minimum atomic E-state index is -0.928. The molecule has 4 nitrogen and oxygen atoms in total. The van der Waals surface area contributed by atoms with E-state index in [0.717, 1.165) is 22.2 Å². The summed E-state index contributed by atoms with van der Waals surface area (Å²) in [7, 11) is 0. The van der Waals surface area contributed by atoms with Gasteiger partial charge in [0.2, 0.25) is 0 Å². The third-order valence-electron chi connectivity index (χ3n) is 3.20. The first-order chi connectivity index (χ1) is 10.2. The summed E-state index contributed by atoms with van der Waals surface area (Å²) in [5.74, 6) is -0.162. The number of nitrogens with zero attached hydrogens (tertiary/aromatic N) is 1. The zero-order valence-corrected chi connectivity index (χ0v) is 11.2. The van der Waals surface area contributed by atoms with E-state index in [1.54, 1.807) is 30.5 Å². The number of rotatable bonds is 4. The number of carboxylic acid groups (broad SMARTS) is 1. The average molecular weight is 279 g/mol. The molecule has 0 atom stereocenters. The molecule has 21 heavy (non-hydrogen) atoms. The van der Waals surface area contributed by atoms with Crippen LogP contribution in [0.3, 0.4) is 0 Å². The maximum Gasteiger partial charge on any atom is 0.335 e. The van der Waals surface area contributed by atoms with E-state index in [0.29, 0.717) is 6.61 Å². The normalized spacial score (nSPS) is 10.5. The molecule has 2 aromatic carbocycles. The largest absolute Gasteiger partial charge is 0.488 e. The smallest absolute Gasteiger partial charge is 0.335 e. The number of hydrogen-bond acceptors (Lipinski definition) is 3. The molecule has 0 spiro atoms. The van der Waals surface area contributed by atoms with Crippen LogP contribution in [0.15, 0.2) is 60.8 Å². The lowest BCUT2D eigenvalue weighted by atomic mass is 10.1. The molecule has 1 N–H and O–H groups in total. The molecular formula is C17H13NO3. The van der Waals surface area contributed by atoms with Crippen LogP contribution in [0.2, 0.25) is 0 Å². The predicted octanol–water partition coefficient (Wildman–Crippen LogP) is 3.51. The Hall–Kier alpha value is -2.88. The molecule has 0 aliphatic rings. The van der Waals surface area contributed by atoms with Gasteiger partial charge in [-0.25, -0.2) is 4.79 Å². The van der Waals surface area contributed by atoms with Gasteiger partial charge in [-0.15, -0.1) is 0 Å². The van der Waals surface area contributed by atoms with Crippen molar-refractivity contribution in [2.75, 3.05) is 0 Å². The van der Waals surface area contributed by atoms with Gasteiger partial charge in [0.25, 0.3) is 0 Å². The number of carboxylic acids is 1. The van der Waals surface area contributed by atoms with Crippen molar-refractivity contribution in [1.82, 2.24) is 4.98 Å². The van der Waals surface area contributed by atoms with Crippen LogP contribution in [0.5, 0.6) is 5.75 Å². The van der Waals surface area contributed by atoms with Crippen LogP contribution >= 0.6 is 0 Å². The Bertz CT molecular complexity index is 776. The number of hydrogen-bond donors (Lipinski definition) is 1.